The van der Waals surface area contributed by atoms with Crippen molar-refractivity contribution in [3.05, 3.63) is 29.8 Å². The van der Waals surface area contributed by atoms with E-state index in [2.05, 4.69) is 5.32 Å². The molecule has 0 spiro atoms. The summed E-state index contributed by atoms with van der Waals surface area (Å²) >= 11 is 0. The first-order valence-electron chi connectivity index (χ1n) is 6.10. The van der Waals surface area contributed by atoms with Crippen LogP contribution in [-0.2, 0) is 4.79 Å². The Kier molecular flexibility index (Phi) is 6.30. The van der Waals surface area contributed by atoms with Crippen LogP contribution in [0.25, 0.3) is 0 Å². The van der Waals surface area contributed by atoms with Gasteiger partial charge in [-0.3, -0.25) is 4.79 Å². The van der Waals surface area contributed by atoms with Crippen molar-refractivity contribution in [1.82, 2.24) is 10.6 Å². The molecule has 4 nitrogen and oxygen atoms in total. The van der Waals surface area contributed by atoms with E-state index in [4.69, 9.17) is 4.74 Å². The summed E-state index contributed by atoms with van der Waals surface area (Å²) in [5, 5.41) is 4.47. The molecule has 1 rings (SSSR count). The number of carbonyl (C=O) groups excluding carboxylic acids is 1. The number of halogens is 3. The van der Waals surface area contributed by atoms with Crippen LogP contribution in [0.3, 0.4) is 0 Å². The van der Waals surface area contributed by atoms with Crippen molar-refractivity contribution in [1.29, 1.82) is 0 Å². The van der Waals surface area contributed by atoms with Gasteiger partial charge >= 0.3 is 6.18 Å². The predicted molar refractivity (Wildman–Crippen MR) is 68.6 cm³/mol. The van der Waals surface area contributed by atoms with E-state index in [-0.39, 0.29) is 19.7 Å². The molecule has 0 saturated carbocycles. The summed E-state index contributed by atoms with van der Waals surface area (Å²) in [6, 6.07) is 7.43. The van der Waals surface area contributed by atoms with E-state index >= 15 is 0 Å². The van der Waals surface area contributed by atoms with Gasteiger partial charge in [-0.25, -0.2) is 0 Å². The molecule has 0 heterocycles. The van der Waals surface area contributed by atoms with Crippen LogP contribution in [0.2, 0.25) is 0 Å². The monoisotopic (exact) mass is 290 g/mol. The third kappa shape index (κ3) is 7.63. The second-order valence-corrected chi connectivity index (χ2v) is 4.23. The second-order valence-electron chi connectivity index (χ2n) is 4.23. The maximum absolute atomic E-state index is 11.8. The summed E-state index contributed by atoms with van der Waals surface area (Å²) in [4.78, 5) is 11.2. The summed E-state index contributed by atoms with van der Waals surface area (Å²) in [5.74, 6) is 0.191. The molecule has 0 aromatic heterocycles. The van der Waals surface area contributed by atoms with Crippen molar-refractivity contribution in [2.75, 3.05) is 26.2 Å². The molecule has 0 radical (unpaired) electrons. The normalized spacial score (nSPS) is 11.2. The smallest absolute Gasteiger partial charge is 0.401 e. The molecule has 0 atom stereocenters. The fourth-order valence-electron chi connectivity index (χ4n) is 1.44. The standard InChI is InChI=1S/C13H17F3N2O2/c1-10-3-2-4-11(7-10)20-6-5-18-12(19)8-17-9-13(14,15)16/h2-4,7,17H,5-6,8-9H2,1H3,(H,18,19). The van der Waals surface area contributed by atoms with Crippen LogP contribution in [0.5, 0.6) is 5.75 Å². The number of ether oxygens (including phenoxy) is 1. The van der Waals surface area contributed by atoms with Gasteiger partial charge in [-0.15, -0.1) is 0 Å². The lowest BCUT2D eigenvalue weighted by molar-refractivity contribution is -0.128. The molecule has 0 aliphatic heterocycles. The van der Waals surface area contributed by atoms with E-state index in [1.807, 2.05) is 30.4 Å². The number of carbonyl (C=O) groups is 1. The topological polar surface area (TPSA) is 50.4 Å². The number of aryl methyl sites for hydroxylation is 1. The Bertz CT molecular complexity index is 436. The number of hydrogen-bond donors (Lipinski definition) is 2. The van der Waals surface area contributed by atoms with Crippen LogP contribution in [0.1, 0.15) is 5.56 Å². The zero-order valence-corrected chi connectivity index (χ0v) is 11.1. The predicted octanol–water partition coefficient (Wildman–Crippen LogP) is 1.64. The summed E-state index contributed by atoms with van der Waals surface area (Å²) < 4.78 is 40.8. The molecular weight excluding hydrogens is 273 g/mol. The maximum Gasteiger partial charge on any atom is 0.401 e. The van der Waals surface area contributed by atoms with Crippen LogP contribution >= 0.6 is 0 Å². The van der Waals surface area contributed by atoms with Crippen LogP contribution in [0.15, 0.2) is 24.3 Å². The van der Waals surface area contributed by atoms with Gasteiger partial charge in [0.15, 0.2) is 0 Å². The van der Waals surface area contributed by atoms with Crippen LogP contribution in [0, 0.1) is 6.92 Å². The van der Waals surface area contributed by atoms with Gasteiger partial charge in [-0.1, -0.05) is 12.1 Å². The van der Waals surface area contributed by atoms with Gasteiger partial charge in [-0.2, -0.15) is 13.2 Å². The number of benzene rings is 1. The molecular formula is C13H17F3N2O2. The van der Waals surface area contributed by atoms with Gasteiger partial charge in [0.05, 0.1) is 19.6 Å². The average Bonchev–Trinajstić information content (AvgIpc) is 2.33. The summed E-state index contributed by atoms with van der Waals surface area (Å²) in [7, 11) is 0. The highest BCUT2D eigenvalue weighted by Crippen LogP contribution is 2.12. The molecule has 112 valence electrons. The number of rotatable bonds is 7. The highest BCUT2D eigenvalue weighted by atomic mass is 19.4. The summed E-state index contributed by atoms with van der Waals surface area (Å²) in [5.41, 5.74) is 1.06. The van der Waals surface area contributed by atoms with Crippen LogP contribution in [-0.4, -0.2) is 38.3 Å². The minimum absolute atomic E-state index is 0.237. The van der Waals surface area contributed by atoms with Crippen LogP contribution in [0.4, 0.5) is 13.2 Å². The zero-order chi connectivity index (χ0) is 15.0. The maximum atomic E-state index is 11.8. The Morgan fingerprint density at radius 2 is 2.10 bits per heavy atom. The Morgan fingerprint density at radius 3 is 2.75 bits per heavy atom. The minimum atomic E-state index is -4.31. The number of hydrogen-bond acceptors (Lipinski definition) is 3. The van der Waals surface area contributed by atoms with E-state index in [9.17, 15) is 18.0 Å². The van der Waals surface area contributed by atoms with Crippen molar-refractivity contribution in [3.63, 3.8) is 0 Å². The van der Waals surface area contributed by atoms with Crippen molar-refractivity contribution >= 4 is 5.91 Å². The molecule has 20 heavy (non-hydrogen) atoms. The van der Waals surface area contributed by atoms with Crippen molar-refractivity contribution in [3.8, 4) is 5.75 Å². The molecule has 0 saturated heterocycles. The van der Waals surface area contributed by atoms with Gasteiger partial charge in [0.25, 0.3) is 0 Å². The third-order valence-electron chi connectivity index (χ3n) is 2.29. The van der Waals surface area contributed by atoms with Crippen LogP contribution < -0.4 is 15.4 Å². The molecule has 0 aliphatic rings. The molecule has 1 amide bonds. The molecule has 0 bridgehead atoms. The first-order valence-corrected chi connectivity index (χ1v) is 6.10. The average molecular weight is 290 g/mol. The lowest BCUT2D eigenvalue weighted by Gasteiger charge is -2.10. The van der Waals surface area contributed by atoms with Crippen molar-refractivity contribution in [2.45, 2.75) is 13.1 Å². The van der Waals surface area contributed by atoms with Gasteiger partial charge < -0.3 is 15.4 Å². The SMILES string of the molecule is Cc1cccc(OCCNC(=O)CNCC(F)(F)F)c1. The molecule has 0 fully saturated rings. The number of nitrogens with one attached hydrogen (secondary N) is 2. The first kappa shape index (κ1) is 16.3. The van der Waals surface area contributed by atoms with Gasteiger partial charge in [-0.05, 0) is 24.6 Å². The van der Waals surface area contributed by atoms with E-state index < -0.39 is 18.6 Å². The molecule has 0 unspecified atom stereocenters. The Balaban J connectivity index is 2.10. The molecule has 1 aromatic carbocycles. The highest BCUT2D eigenvalue weighted by Gasteiger charge is 2.26. The number of amides is 1. The van der Waals surface area contributed by atoms with E-state index in [1.165, 1.54) is 0 Å². The van der Waals surface area contributed by atoms with Gasteiger partial charge in [0.1, 0.15) is 12.4 Å². The minimum Gasteiger partial charge on any atom is -0.492 e. The molecule has 1 aromatic rings. The van der Waals surface area contributed by atoms with Gasteiger partial charge in [0, 0.05) is 0 Å². The lowest BCUT2D eigenvalue weighted by Crippen LogP contribution is -2.39. The van der Waals surface area contributed by atoms with E-state index in [0.29, 0.717) is 5.75 Å². The van der Waals surface area contributed by atoms with E-state index in [0.717, 1.165) is 5.56 Å². The zero-order valence-electron chi connectivity index (χ0n) is 11.1. The van der Waals surface area contributed by atoms with Crippen molar-refractivity contribution < 1.29 is 22.7 Å². The summed E-state index contributed by atoms with van der Waals surface area (Å²) in [6.45, 7) is 0.875. The fraction of sp³-hybridized carbons (Fsp3) is 0.462. The Morgan fingerprint density at radius 1 is 1.35 bits per heavy atom. The molecule has 2 N–H and O–H groups in total. The lowest BCUT2D eigenvalue weighted by atomic mass is 10.2. The summed E-state index contributed by atoms with van der Waals surface area (Å²) in [6.07, 6.45) is -4.31. The third-order valence-corrected chi connectivity index (χ3v) is 2.29. The number of alkyl halides is 3. The Hall–Kier alpha value is -1.76. The van der Waals surface area contributed by atoms with E-state index in [1.54, 1.807) is 6.07 Å². The molecule has 0 aliphatic carbocycles. The Labute approximate surface area is 115 Å². The second kappa shape index (κ2) is 7.74. The fourth-order valence-corrected chi connectivity index (χ4v) is 1.44. The highest BCUT2D eigenvalue weighted by molar-refractivity contribution is 5.77. The largest absolute Gasteiger partial charge is 0.492 e. The molecule has 7 heteroatoms. The van der Waals surface area contributed by atoms with Crippen molar-refractivity contribution in [2.24, 2.45) is 0 Å². The van der Waals surface area contributed by atoms with Gasteiger partial charge in [0.2, 0.25) is 5.91 Å². The first-order chi connectivity index (χ1) is 9.37. The quantitative estimate of drug-likeness (QED) is 0.751.